The predicted molar refractivity (Wildman–Crippen MR) is 71.5 cm³/mol. The zero-order chi connectivity index (χ0) is 11.5. The molecular weight excluding hydrogens is 250 g/mol. The maximum absolute atomic E-state index is 4.45. The number of piperidine rings is 1. The molecule has 2 aromatic rings. The molecule has 1 aliphatic heterocycles. The van der Waals surface area contributed by atoms with Gasteiger partial charge in [-0.2, -0.15) is 0 Å². The van der Waals surface area contributed by atoms with Crippen molar-refractivity contribution in [2.45, 2.75) is 25.3 Å². The fourth-order valence-electron chi connectivity index (χ4n) is 2.38. The third-order valence-corrected chi connectivity index (χ3v) is 4.87. The minimum Gasteiger partial charge on any atom is -0.298 e. The van der Waals surface area contributed by atoms with Crippen LogP contribution in [0.1, 0.15) is 28.6 Å². The minimum absolute atomic E-state index is 0.636. The van der Waals surface area contributed by atoms with Crippen molar-refractivity contribution in [3.05, 3.63) is 33.2 Å². The van der Waals surface area contributed by atoms with E-state index >= 15 is 0 Å². The van der Waals surface area contributed by atoms with Crippen LogP contribution in [0.3, 0.4) is 0 Å². The molecule has 3 rings (SSSR count). The van der Waals surface area contributed by atoms with E-state index in [9.17, 15) is 0 Å². The van der Waals surface area contributed by atoms with Crippen LogP contribution < -0.4 is 0 Å². The molecule has 0 radical (unpaired) electrons. The Morgan fingerprint density at radius 1 is 1.41 bits per heavy atom. The SMILES string of the molecule is c1csc(C2CCCN(Cc3cncs3)C2)n1. The lowest BCUT2D eigenvalue weighted by Crippen LogP contribution is -2.33. The molecule has 3 heterocycles. The van der Waals surface area contributed by atoms with E-state index < -0.39 is 0 Å². The summed E-state index contributed by atoms with van der Waals surface area (Å²) >= 11 is 3.54. The van der Waals surface area contributed by atoms with Gasteiger partial charge in [0.2, 0.25) is 0 Å². The van der Waals surface area contributed by atoms with Crippen molar-refractivity contribution in [1.29, 1.82) is 0 Å². The average Bonchev–Trinajstić information content (AvgIpc) is 3.01. The maximum atomic E-state index is 4.45. The van der Waals surface area contributed by atoms with Crippen molar-refractivity contribution in [3.63, 3.8) is 0 Å². The molecule has 3 nitrogen and oxygen atoms in total. The molecule has 0 amide bonds. The van der Waals surface area contributed by atoms with Gasteiger partial charge in [-0.25, -0.2) is 4.98 Å². The number of hydrogen-bond donors (Lipinski definition) is 0. The second-order valence-electron chi connectivity index (χ2n) is 4.41. The average molecular weight is 265 g/mol. The van der Waals surface area contributed by atoms with Gasteiger partial charge in [0.15, 0.2) is 0 Å². The molecule has 0 saturated carbocycles. The minimum atomic E-state index is 0.636. The Kier molecular flexibility index (Phi) is 3.49. The third-order valence-electron chi connectivity index (χ3n) is 3.17. The summed E-state index contributed by atoms with van der Waals surface area (Å²) in [7, 11) is 0. The summed E-state index contributed by atoms with van der Waals surface area (Å²) in [6, 6.07) is 0. The van der Waals surface area contributed by atoms with Crippen LogP contribution in [0.15, 0.2) is 23.3 Å². The Morgan fingerprint density at radius 3 is 3.18 bits per heavy atom. The lowest BCUT2D eigenvalue weighted by Gasteiger charge is -2.31. The van der Waals surface area contributed by atoms with Gasteiger partial charge in [0.25, 0.3) is 0 Å². The molecule has 1 fully saturated rings. The molecule has 1 unspecified atom stereocenters. The van der Waals surface area contributed by atoms with Gasteiger partial charge in [0.05, 0.1) is 10.5 Å². The van der Waals surface area contributed by atoms with Gasteiger partial charge in [0.1, 0.15) is 0 Å². The Balaban J connectivity index is 1.64. The normalized spacial score (nSPS) is 21.8. The van der Waals surface area contributed by atoms with Crippen LogP contribution in [0.2, 0.25) is 0 Å². The summed E-state index contributed by atoms with van der Waals surface area (Å²) in [5.41, 5.74) is 1.91. The summed E-state index contributed by atoms with van der Waals surface area (Å²) in [6.45, 7) is 3.40. The summed E-state index contributed by atoms with van der Waals surface area (Å²) in [5, 5.41) is 3.39. The number of nitrogens with zero attached hydrogens (tertiary/aromatic N) is 3. The quantitative estimate of drug-likeness (QED) is 0.854. The zero-order valence-corrected chi connectivity index (χ0v) is 11.2. The molecule has 17 heavy (non-hydrogen) atoms. The first kappa shape index (κ1) is 11.3. The number of hydrogen-bond acceptors (Lipinski definition) is 5. The molecule has 5 heteroatoms. The third kappa shape index (κ3) is 2.73. The molecule has 1 aliphatic rings. The maximum Gasteiger partial charge on any atom is 0.0968 e. The molecule has 0 bridgehead atoms. The summed E-state index contributed by atoms with van der Waals surface area (Å²) in [4.78, 5) is 12.5. The lowest BCUT2D eigenvalue weighted by molar-refractivity contribution is 0.201. The lowest BCUT2D eigenvalue weighted by atomic mass is 9.99. The molecule has 0 aromatic carbocycles. The van der Waals surface area contributed by atoms with Gasteiger partial charge < -0.3 is 0 Å². The van der Waals surface area contributed by atoms with Crippen molar-refractivity contribution in [1.82, 2.24) is 14.9 Å². The fraction of sp³-hybridized carbons (Fsp3) is 0.500. The Labute approximate surface area is 109 Å². The number of likely N-dealkylation sites (tertiary alicyclic amines) is 1. The number of aromatic nitrogens is 2. The van der Waals surface area contributed by atoms with Crippen molar-refractivity contribution in [3.8, 4) is 0 Å². The van der Waals surface area contributed by atoms with Crippen LogP contribution in [-0.4, -0.2) is 28.0 Å². The van der Waals surface area contributed by atoms with Crippen molar-refractivity contribution >= 4 is 22.7 Å². The molecule has 0 aliphatic carbocycles. The van der Waals surface area contributed by atoms with E-state index in [4.69, 9.17) is 0 Å². The zero-order valence-electron chi connectivity index (χ0n) is 9.58. The van der Waals surface area contributed by atoms with Crippen molar-refractivity contribution in [2.24, 2.45) is 0 Å². The van der Waals surface area contributed by atoms with E-state index in [0.29, 0.717) is 5.92 Å². The number of rotatable bonds is 3. The highest BCUT2D eigenvalue weighted by Gasteiger charge is 2.23. The van der Waals surface area contributed by atoms with E-state index in [1.54, 1.807) is 22.7 Å². The van der Waals surface area contributed by atoms with Crippen molar-refractivity contribution in [2.75, 3.05) is 13.1 Å². The summed E-state index contributed by atoms with van der Waals surface area (Å²) < 4.78 is 0. The first-order chi connectivity index (χ1) is 8.42. The van der Waals surface area contributed by atoms with Gasteiger partial charge in [-0.3, -0.25) is 9.88 Å². The van der Waals surface area contributed by atoms with Crippen LogP contribution in [0.25, 0.3) is 0 Å². The predicted octanol–water partition coefficient (Wildman–Crippen LogP) is 2.98. The highest BCUT2D eigenvalue weighted by atomic mass is 32.1. The molecular formula is C12H15N3S2. The number of thiazole rings is 2. The smallest absolute Gasteiger partial charge is 0.0968 e. The first-order valence-corrected chi connectivity index (χ1v) is 7.67. The monoisotopic (exact) mass is 265 g/mol. The van der Waals surface area contributed by atoms with Crippen LogP contribution in [0.5, 0.6) is 0 Å². The Bertz CT molecular complexity index is 438. The van der Waals surface area contributed by atoms with Crippen LogP contribution in [-0.2, 0) is 6.54 Å². The molecule has 0 N–H and O–H groups in total. The van der Waals surface area contributed by atoms with Gasteiger partial charge in [-0.05, 0) is 19.4 Å². The highest BCUT2D eigenvalue weighted by molar-refractivity contribution is 7.09. The van der Waals surface area contributed by atoms with E-state index in [0.717, 1.165) is 13.1 Å². The molecule has 2 aromatic heterocycles. The van der Waals surface area contributed by atoms with E-state index in [2.05, 4.69) is 20.2 Å². The molecule has 1 saturated heterocycles. The van der Waals surface area contributed by atoms with Gasteiger partial charge >= 0.3 is 0 Å². The Hall–Kier alpha value is -0.780. The van der Waals surface area contributed by atoms with E-state index in [-0.39, 0.29) is 0 Å². The van der Waals surface area contributed by atoms with Gasteiger partial charge in [0, 0.05) is 41.7 Å². The van der Waals surface area contributed by atoms with Crippen LogP contribution >= 0.6 is 22.7 Å². The Morgan fingerprint density at radius 2 is 2.41 bits per heavy atom. The van der Waals surface area contributed by atoms with E-state index in [1.807, 2.05) is 17.9 Å². The van der Waals surface area contributed by atoms with Gasteiger partial charge in [-0.1, -0.05) is 0 Å². The molecule has 90 valence electrons. The second kappa shape index (κ2) is 5.25. The summed E-state index contributed by atoms with van der Waals surface area (Å²) in [5.74, 6) is 0.636. The van der Waals surface area contributed by atoms with Crippen LogP contribution in [0, 0.1) is 0 Å². The van der Waals surface area contributed by atoms with Crippen LogP contribution in [0.4, 0.5) is 0 Å². The highest BCUT2D eigenvalue weighted by Crippen LogP contribution is 2.29. The fourth-order valence-corrected chi connectivity index (χ4v) is 3.78. The largest absolute Gasteiger partial charge is 0.298 e. The second-order valence-corrected chi connectivity index (χ2v) is 6.31. The van der Waals surface area contributed by atoms with Crippen molar-refractivity contribution < 1.29 is 0 Å². The molecule has 0 spiro atoms. The topological polar surface area (TPSA) is 29.0 Å². The van der Waals surface area contributed by atoms with Gasteiger partial charge in [-0.15, -0.1) is 22.7 Å². The van der Waals surface area contributed by atoms with E-state index in [1.165, 1.54) is 29.3 Å². The first-order valence-electron chi connectivity index (χ1n) is 5.91. The summed E-state index contributed by atoms with van der Waals surface area (Å²) in [6.07, 6.45) is 6.47. The standard InChI is InChI=1S/C12H15N3S2/c1-2-10(12-14-3-5-16-12)7-15(4-1)8-11-6-13-9-17-11/h3,5-6,9-10H,1-2,4,7-8H2. The molecule has 1 atom stereocenters.